The summed E-state index contributed by atoms with van der Waals surface area (Å²) in [5.41, 5.74) is 5.35. The maximum absolute atomic E-state index is 12.1. The van der Waals surface area contributed by atoms with Crippen LogP contribution in [-0.2, 0) is 34.0 Å². The molecule has 3 aliphatic rings. The molecule has 1 heterocycles. The van der Waals surface area contributed by atoms with Crippen LogP contribution in [0.15, 0.2) is 0 Å². The van der Waals surface area contributed by atoms with Crippen molar-refractivity contribution in [1.82, 2.24) is 0 Å². The second-order valence-electron chi connectivity index (χ2n) is 13.6. The van der Waals surface area contributed by atoms with Crippen LogP contribution in [0.5, 0.6) is 0 Å². The van der Waals surface area contributed by atoms with Gasteiger partial charge in [0.05, 0.1) is 33.5 Å². The van der Waals surface area contributed by atoms with Crippen molar-refractivity contribution in [2.24, 2.45) is 29.4 Å². The van der Waals surface area contributed by atoms with E-state index >= 15 is 0 Å². The first-order valence-electron chi connectivity index (χ1n) is 14.8. The number of hydrogen-bond acceptors (Lipinski definition) is 8. The van der Waals surface area contributed by atoms with Crippen molar-refractivity contribution in [3.05, 3.63) is 0 Å². The zero-order valence-corrected chi connectivity index (χ0v) is 27.2. The highest BCUT2D eigenvalue weighted by Gasteiger charge is 2.35. The average Bonchev–Trinajstić information content (AvgIpc) is 3.43. The second-order valence-corrected chi connectivity index (χ2v) is 19.1. The van der Waals surface area contributed by atoms with E-state index in [2.05, 4.69) is 0 Å². The number of aliphatic carboxylic acids is 1. The first kappa shape index (κ1) is 37.0. The van der Waals surface area contributed by atoms with Crippen LogP contribution in [0.4, 0.5) is 0 Å². The summed E-state index contributed by atoms with van der Waals surface area (Å²) in [6, 6.07) is 0. The smallest absolute Gasteiger partial charge is 0.306 e. The normalized spacial score (nSPS) is 26.1. The van der Waals surface area contributed by atoms with Crippen LogP contribution in [0.1, 0.15) is 106 Å². The Morgan fingerprint density at radius 1 is 0.700 bits per heavy atom. The van der Waals surface area contributed by atoms with Crippen molar-refractivity contribution in [2.75, 3.05) is 31.3 Å². The van der Waals surface area contributed by atoms with Gasteiger partial charge in [0.1, 0.15) is 5.78 Å². The van der Waals surface area contributed by atoms with Gasteiger partial charge in [0.2, 0.25) is 0 Å². The molecule has 0 aromatic rings. The fraction of sp³-hybridized carbons (Fsp3) is 0.931. The van der Waals surface area contributed by atoms with Gasteiger partial charge in [-0.05, 0) is 118 Å². The van der Waals surface area contributed by atoms with Crippen molar-refractivity contribution in [2.45, 2.75) is 115 Å². The molecular weight excluding hydrogens is 554 g/mol. The molecule has 9 nitrogen and oxygen atoms in total. The molecule has 3 N–H and O–H groups in total. The molecular formula is C29H55NO8S2. The lowest BCUT2D eigenvalue weighted by Crippen LogP contribution is -2.35. The number of Topliss-reactive ketones (excluding diaryl/α,β-unsaturated/α-hetero) is 1. The van der Waals surface area contributed by atoms with Crippen molar-refractivity contribution in [1.29, 1.82) is 0 Å². The van der Waals surface area contributed by atoms with Gasteiger partial charge in [-0.1, -0.05) is 0 Å². The lowest BCUT2D eigenvalue weighted by atomic mass is 9.81. The molecule has 1 aliphatic heterocycles. The number of nitrogens with two attached hydrogens (primary N) is 1. The number of carbonyl (C=O) groups is 2. The van der Waals surface area contributed by atoms with Gasteiger partial charge in [0.25, 0.3) is 0 Å². The summed E-state index contributed by atoms with van der Waals surface area (Å²) in [5.74, 6) is -0.0598. The molecule has 3 rings (SSSR count). The predicted molar refractivity (Wildman–Crippen MR) is 160 cm³/mol. The number of ether oxygens (including phenoxy) is 1. The second kappa shape index (κ2) is 16.0. The summed E-state index contributed by atoms with van der Waals surface area (Å²) < 4.78 is 51.8. The Hall–Kier alpha value is -1.04. The van der Waals surface area contributed by atoms with Gasteiger partial charge < -0.3 is 15.6 Å². The molecule has 0 amide bonds. The quantitative estimate of drug-likeness (QED) is 0.426. The Labute approximate surface area is 243 Å². The standard InChI is InChI=1S/C13H25NO3S.C12H22O4S.C4H8O/c1-13(2,3)18(16,17)9-10-4-6-11(7-5-10)12(15)8-14;1-12(2,3)17(15,16)8-9-4-6-10(7-5-9)11(13)14;1-2-4-5-3-1/h10-11H,4-9,14H2,1-3H3;9-10H,4-8H2,1-3H3,(H,13,14);1-4H2. The maximum Gasteiger partial charge on any atom is 0.306 e. The zero-order valence-electron chi connectivity index (χ0n) is 25.6. The van der Waals surface area contributed by atoms with E-state index in [0.29, 0.717) is 25.7 Å². The molecule has 0 aromatic heterocycles. The van der Waals surface area contributed by atoms with E-state index in [9.17, 15) is 26.4 Å². The number of carboxylic acids is 1. The molecule has 2 aliphatic carbocycles. The fourth-order valence-electron chi connectivity index (χ4n) is 5.02. The topological polar surface area (TPSA) is 158 Å². The van der Waals surface area contributed by atoms with E-state index < -0.39 is 35.1 Å². The Kier molecular flexibility index (Phi) is 14.8. The van der Waals surface area contributed by atoms with Crippen molar-refractivity contribution < 1.29 is 36.3 Å². The summed E-state index contributed by atoms with van der Waals surface area (Å²) in [4.78, 5) is 22.3. The third-order valence-electron chi connectivity index (χ3n) is 8.30. The summed E-state index contributed by atoms with van der Waals surface area (Å²) in [7, 11) is -6.13. The molecule has 0 unspecified atom stereocenters. The first-order chi connectivity index (χ1) is 18.3. The highest BCUT2D eigenvalue weighted by atomic mass is 32.2. The number of carboxylic acid groups (broad SMARTS) is 1. The molecule has 236 valence electrons. The number of carbonyl (C=O) groups excluding carboxylic acids is 1. The minimum absolute atomic E-state index is 0.0589. The fourth-order valence-corrected chi connectivity index (χ4v) is 7.93. The first-order valence-corrected chi connectivity index (χ1v) is 18.1. The SMILES string of the molecule is C1CCOC1.CC(C)(C)S(=O)(=O)CC1CCC(C(=O)CN)CC1.CC(C)(C)S(=O)(=O)CC1CCC(C(=O)O)CC1. The van der Waals surface area contributed by atoms with Crippen LogP contribution in [0.25, 0.3) is 0 Å². The Morgan fingerprint density at radius 2 is 1.05 bits per heavy atom. The molecule has 1 saturated heterocycles. The monoisotopic (exact) mass is 609 g/mol. The van der Waals surface area contributed by atoms with Gasteiger partial charge in [-0.25, -0.2) is 16.8 Å². The van der Waals surface area contributed by atoms with E-state index in [0.717, 1.165) is 38.9 Å². The van der Waals surface area contributed by atoms with Gasteiger partial charge in [-0.3, -0.25) is 9.59 Å². The third-order valence-corrected chi connectivity index (χ3v) is 13.9. The Morgan fingerprint density at radius 3 is 1.30 bits per heavy atom. The van der Waals surface area contributed by atoms with Gasteiger partial charge in [0.15, 0.2) is 19.7 Å². The van der Waals surface area contributed by atoms with Gasteiger partial charge >= 0.3 is 5.97 Å². The van der Waals surface area contributed by atoms with Gasteiger partial charge in [0, 0.05) is 19.1 Å². The van der Waals surface area contributed by atoms with Crippen LogP contribution in [0, 0.1) is 23.7 Å². The Balaban J connectivity index is 0.000000340. The lowest BCUT2D eigenvalue weighted by Gasteiger charge is -2.29. The van der Waals surface area contributed by atoms with Crippen molar-refractivity contribution in [3.63, 3.8) is 0 Å². The van der Waals surface area contributed by atoms with Crippen molar-refractivity contribution >= 4 is 31.4 Å². The van der Waals surface area contributed by atoms with Crippen LogP contribution in [0.3, 0.4) is 0 Å². The number of hydrogen-bond donors (Lipinski definition) is 2. The highest BCUT2D eigenvalue weighted by molar-refractivity contribution is 7.93. The van der Waals surface area contributed by atoms with E-state index in [4.69, 9.17) is 15.6 Å². The molecule has 3 fully saturated rings. The van der Waals surface area contributed by atoms with E-state index in [1.165, 1.54) is 12.8 Å². The van der Waals surface area contributed by atoms with Crippen LogP contribution in [0.2, 0.25) is 0 Å². The number of ketones is 1. The number of rotatable bonds is 7. The third kappa shape index (κ3) is 12.4. The molecule has 0 atom stereocenters. The summed E-state index contributed by atoms with van der Waals surface area (Å²) in [6.45, 7) is 12.5. The molecule has 2 saturated carbocycles. The minimum atomic E-state index is -3.08. The molecule has 11 heteroatoms. The zero-order chi connectivity index (χ0) is 30.8. The van der Waals surface area contributed by atoms with Gasteiger partial charge in [-0.15, -0.1) is 0 Å². The molecule has 0 bridgehead atoms. The Bertz CT molecular complexity index is 982. The number of sulfone groups is 2. The summed E-state index contributed by atoms with van der Waals surface area (Å²) >= 11 is 0. The van der Waals surface area contributed by atoms with Crippen LogP contribution in [-0.4, -0.2) is 74.5 Å². The molecule has 0 spiro atoms. The largest absolute Gasteiger partial charge is 0.481 e. The van der Waals surface area contributed by atoms with Crippen LogP contribution >= 0.6 is 0 Å². The highest BCUT2D eigenvalue weighted by Crippen LogP contribution is 2.33. The van der Waals surface area contributed by atoms with Crippen LogP contribution < -0.4 is 5.73 Å². The lowest BCUT2D eigenvalue weighted by molar-refractivity contribution is -0.143. The average molecular weight is 610 g/mol. The summed E-state index contributed by atoms with van der Waals surface area (Å²) in [5, 5.41) is 8.87. The molecule has 0 radical (unpaired) electrons. The summed E-state index contributed by atoms with van der Waals surface area (Å²) in [6.07, 6.45) is 8.44. The van der Waals surface area contributed by atoms with E-state index in [-0.39, 0.29) is 47.5 Å². The predicted octanol–water partition coefficient (Wildman–Crippen LogP) is 4.42. The molecule has 40 heavy (non-hydrogen) atoms. The van der Waals surface area contributed by atoms with Crippen molar-refractivity contribution in [3.8, 4) is 0 Å². The molecule has 0 aromatic carbocycles. The maximum atomic E-state index is 12.1. The van der Waals surface area contributed by atoms with E-state index in [1.807, 2.05) is 0 Å². The van der Waals surface area contributed by atoms with E-state index in [1.54, 1.807) is 41.5 Å². The minimum Gasteiger partial charge on any atom is -0.481 e. The van der Waals surface area contributed by atoms with Gasteiger partial charge in [-0.2, -0.15) is 0 Å².